The van der Waals surface area contributed by atoms with Gasteiger partial charge in [-0.1, -0.05) is 13.8 Å². The van der Waals surface area contributed by atoms with Crippen LogP contribution in [0.3, 0.4) is 0 Å². The number of nitrogens with zero attached hydrogens (tertiary/aromatic N) is 2. The average molecular weight is 454 g/mol. The first-order valence-electron chi connectivity index (χ1n) is 9.81. The Labute approximate surface area is 183 Å². The molecule has 174 valence electrons. The number of hydrogen-bond acceptors (Lipinski definition) is 5. The molecule has 0 bridgehead atoms. The zero-order valence-corrected chi connectivity index (χ0v) is 18.0. The molecule has 0 fully saturated rings. The quantitative estimate of drug-likeness (QED) is 0.336. The van der Waals surface area contributed by atoms with Crippen LogP contribution in [0.15, 0.2) is 52.8 Å². The van der Waals surface area contributed by atoms with Crippen LogP contribution in [-0.4, -0.2) is 35.4 Å². The molecule has 0 unspecified atom stereocenters. The third-order valence-corrected chi connectivity index (χ3v) is 3.88. The fourth-order valence-corrected chi connectivity index (χ4v) is 2.51. The fraction of sp³-hybridized carbons (Fsp3) is 0.318. The number of aromatic nitrogens is 1. The lowest BCUT2D eigenvalue weighted by Gasteiger charge is -2.09. The summed E-state index contributed by atoms with van der Waals surface area (Å²) < 4.78 is 52.2. The maximum Gasteiger partial charge on any atom is 0.416 e. The molecule has 1 amide bonds. The van der Waals surface area contributed by atoms with Crippen LogP contribution in [0.2, 0.25) is 0 Å². The summed E-state index contributed by atoms with van der Waals surface area (Å²) in [6.45, 7) is 5.33. The summed E-state index contributed by atoms with van der Waals surface area (Å²) in [4.78, 5) is 20.3. The van der Waals surface area contributed by atoms with E-state index in [2.05, 4.69) is 15.3 Å². The van der Waals surface area contributed by atoms with Crippen molar-refractivity contribution in [3.63, 3.8) is 0 Å². The van der Waals surface area contributed by atoms with Gasteiger partial charge in [0.25, 0.3) is 5.91 Å². The van der Waals surface area contributed by atoms with E-state index in [9.17, 15) is 22.4 Å². The zero-order valence-electron chi connectivity index (χ0n) is 18.0. The number of aliphatic hydroxyl groups is 1. The maximum absolute atomic E-state index is 13.6. The van der Waals surface area contributed by atoms with E-state index in [4.69, 9.17) is 10.8 Å². The lowest BCUT2D eigenvalue weighted by Crippen LogP contribution is -2.29. The van der Waals surface area contributed by atoms with Crippen molar-refractivity contribution in [2.75, 3.05) is 13.2 Å². The summed E-state index contributed by atoms with van der Waals surface area (Å²) in [5, 5.41) is 11.2. The largest absolute Gasteiger partial charge is 0.416 e. The van der Waals surface area contributed by atoms with E-state index in [0.717, 1.165) is 12.1 Å². The molecule has 2 rings (SSSR count). The lowest BCUT2D eigenvalue weighted by atomic mass is 10.0. The van der Waals surface area contributed by atoms with Crippen molar-refractivity contribution < 1.29 is 27.5 Å². The maximum atomic E-state index is 13.6. The molecule has 10 heteroatoms. The molecule has 1 aromatic heterocycles. The van der Waals surface area contributed by atoms with Gasteiger partial charge >= 0.3 is 6.18 Å². The molecule has 0 radical (unpaired) electrons. The predicted molar refractivity (Wildman–Crippen MR) is 115 cm³/mol. The summed E-state index contributed by atoms with van der Waals surface area (Å²) in [6, 6.07) is 5.34. The van der Waals surface area contributed by atoms with Crippen LogP contribution < -0.4 is 11.1 Å². The Balaban J connectivity index is 0.00000249. The minimum Gasteiger partial charge on any atom is -0.402 e. The molecule has 0 atom stereocenters. The van der Waals surface area contributed by atoms with Crippen molar-refractivity contribution >= 4 is 17.8 Å². The SMILES string of the molecule is C/C(N)=C(/C=Nc1ccnc(Cc2cc(F)cc(C(F)(F)F)c2)c1)C(=O)NCCO.CC. The van der Waals surface area contributed by atoms with Gasteiger partial charge in [-0.25, -0.2) is 4.39 Å². The standard InChI is InChI=1S/C20H20F4N4O2.C2H6/c1-12(25)18(19(30)27-4-5-29)11-28-16-2-3-26-17(10-16)8-13-6-14(20(22,23)24)9-15(21)7-13;1-2/h2-3,6-7,9-11,29H,4-5,8,25H2,1H3,(H,27,30);1-2H3/b18-12+,28-11?;. The molecular weight excluding hydrogens is 428 g/mol. The first-order valence-corrected chi connectivity index (χ1v) is 9.81. The number of amides is 1. The molecule has 0 aliphatic heterocycles. The Bertz CT molecular complexity index is 969. The second-order valence-corrected chi connectivity index (χ2v) is 6.36. The molecule has 0 saturated carbocycles. The number of halogens is 4. The molecule has 0 spiro atoms. The third-order valence-electron chi connectivity index (χ3n) is 3.88. The lowest BCUT2D eigenvalue weighted by molar-refractivity contribution is -0.137. The van der Waals surface area contributed by atoms with Crippen molar-refractivity contribution in [3.05, 3.63) is 70.4 Å². The van der Waals surface area contributed by atoms with Gasteiger partial charge in [0.2, 0.25) is 0 Å². The average Bonchev–Trinajstić information content (AvgIpc) is 2.73. The summed E-state index contributed by atoms with van der Waals surface area (Å²) in [5.74, 6) is -1.50. The molecule has 1 aromatic carbocycles. The first-order chi connectivity index (χ1) is 15.1. The third kappa shape index (κ3) is 8.46. The molecular formula is C22H26F4N4O2. The van der Waals surface area contributed by atoms with Gasteiger partial charge in [0.05, 0.1) is 23.4 Å². The van der Waals surface area contributed by atoms with E-state index >= 15 is 0 Å². The number of hydrogen-bond donors (Lipinski definition) is 3. The highest BCUT2D eigenvalue weighted by molar-refractivity contribution is 6.13. The summed E-state index contributed by atoms with van der Waals surface area (Å²) in [5.41, 5.74) is 5.78. The van der Waals surface area contributed by atoms with Gasteiger partial charge in [0, 0.05) is 36.8 Å². The molecule has 2 aromatic rings. The van der Waals surface area contributed by atoms with Gasteiger partial charge in [0.15, 0.2) is 0 Å². The van der Waals surface area contributed by atoms with Crippen molar-refractivity contribution in [1.29, 1.82) is 0 Å². The van der Waals surface area contributed by atoms with Crippen molar-refractivity contribution in [2.24, 2.45) is 10.7 Å². The fourth-order valence-electron chi connectivity index (χ4n) is 2.51. The molecule has 0 aliphatic rings. The van der Waals surface area contributed by atoms with Crippen LogP contribution in [0.25, 0.3) is 0 Å². The highest BCUT2D eigenvalue weighted by atomic mass is 19.4. The summed E-state index contributed by atoms with van der Waals surface area (Å²) in [7, 11) is 0. The minimum absolute atomic E-state index is 0.0419. The number of nitrogens with two attached hydrogens (primary N) is 1. The Kier molecular flexibility index (Phi) is 10.5. The second-order valence-electron chi connectivity index (χ2n) is 6.36. The van der Waals surface area contributed by atoms with E-state index < -0.39 is 23.5 Å². The number of carbonyl (C=O) groups excluding carboxylic acids is 1. The Morgan fingerprint density at radius 2 is 1.94 bits per heavy atom. The minimum atomic E-state index is -4.66. The Morgan fingerprint density at radius 1 is 1.25 bits per heavy atom. The van der Waals surface area contributed by atoms with Gasteiger partial charge < -0.3 is 16.2 Å². The smallest absolute Gasteiger partial charge is 0.402 e. The highest BCUT2D eigenvalue weighted by Gasteiger charge is 2.31. The van der Waals surface area contributed by atoms with Gasteiger partial charge in [0.1, 0.15) is 5.82 Å². The predicted octanol–water partition coefficient (Wildman–Crippen LogP) is 3.90. The number of nitrogens with one attached hydrogen (secondary N) is 1. The van der Waals surface area contributed by atoms with Gasteiger partial charge in [-0.2, -0.15) is 13.2 Å². The van der Waals surface area contributed by atoms with Crippen LogP contribution in [0.4, 0.5) is 23.2 Å². The number of carbonyl (C=O) groups is 1. The molecule has 6 nitrogen and oxygen atoms in total. The van der Waals surface area contributed by atoms with E-state index in [1.165, 1.54) is 31.5 Å². The number of allylic oxidation sites excluding steroid dienone is 1. The normalized spacial score (nSPS) is 12.1. The summed E-state index contributed by atoms with van der Waals surface area (Å²) >= 11 is 0. The van der Waals surface area contributed by atoms with E-state index in [1.807, 2.05) is 13.8 Å². The molecule has 32 heavy (non-hydrogen) atoms. The van der Waals surface area contributed by atoms with Crippen molar-refractivity contribution in [3.8, 4) is 0 Å². The number of rotatable bonds is 7. The van der Waals surface area contributed by atoms with Crippen molar-refractivity contribution in [1.82, 2.24) is 10.3 Å². The van der Waals surface area contributed by atoms with Crippen LogP contribution in [0.1, 0.15) is 37.6 Å². The van der Waals surface area contributed by atoms with Crippen LogP contribution in [-0.2, 0) is 17.4 Å². The second kappa shape index (κ2) is 12.6. The van der Waals surface area contributed by atoms with Crippen LogP contribution in [0, 0.1) is 5.82 Å². The molecule has 0 saturated heterocycles. The highest BCUT2D eigenvalue weighted by Crippen LogP contribution is 2.31. The first kappa shape index (κ1) is 26.8. The topological polar surface area (TPSA) is 101 Å². The van der Waals surface area contributed by atoms with E-state index in [-0.39, 0.29) is 36.4 Å². The Hall–Kier alpha value is -3.27. The van der Waals surface area contributed by atoms with Crippen LogP contribution >= 0.6 is 0 Å². The molecule has 1 heterocycles. The Morgan fingerprint density at radius 3 is 2.53 bits per heavy atom. The van der Waals surface area contributed by atoms with E-state index in [0.29, 0.717) is 17.4 Å². The number of alkyl halides is 3. The number of aliphatic hydroxyl groups excluding tert-OH is 1. The summed E-state index contributed by atoms with van der Waals surface area (Å²) in [6.07, 6.45) is -2.06. The number of pyridine rings is 1. The molecule has 4 N–H and O–H groups in total. The van der Waals surface area contributed by atoms with E-state index in [1.54, 1.807) is 0 Å². The molecule has 0 aliphatic carbocycles. The van der Waals surface area contributed by atoms with Crippen LogP contribution in [0.5, 0.6) is 0 Å². The van der Waals surface area contributed by atoms with Gasteiger partial charge in [-0.3, -0.25) is 14.8 Å². The van der Waals surface area contributed by atoms with Crippen molar-refractivity contribution in [2.45, 2.75) is 33.4 Å². The zero-order chi connectivity index (χ0) is 24.3. The monoisotopic (exact) mass is 454 g/mol. The van der Waals surface area contributed by atoms with Gasteiger partial charge in [-0.15, -0.1) is 0 Å². The number of aliphatic imine (C=N–C) groups is 1. The number of benzene rings is 1. The van der Waals surface area contributed by atoms with Gasteiger partial charge in [-0.05, 0) is 42.8 Å².